The molecule has 2 aromatic heterocycles. The van der Waals surface area contributed by atoms with E-state index >= 15 is 0 Å². The van der Waals surface area contributed by atoms with E-state index in [4.69, 9.17) is 38.5 Å². The van der Waals surface area contributed by atoms with Crippen molar-refractivity contribution in [3.63, 3.8) is 0 Å². The van der Waals surface area contributed by atoms with E-state index in [0.29, 0.717) is 43.6 Å². The van der Waals surface area contributed by atoms with Crippen molar-refractivity contribution in [2.75, 3.05) is 46.5 Å². The van der Waals surface area contributed by atoms with Gasteiger partial charge in [-0.2, -0.15) is 9.97 Å². The number of carbonyl (C=O) groups excluding carboxylic acids is 1. The Morgan fingerprint density at radius 1 is 1.20 bits per heavy atom. The molecule has 0 spiro atoms. The number of hydrogen-bond donors (Lipinski definition) is 2. The van der Waals surface area contributed by atoms with E-state index in [0.717, 1.165) is 31.4 Å². The summed E-state index contributed by atoms with van der Waals surface area (Å²) < 4.78 is 37.0. The average Bonchev–Trinajstić information content (AvgIpc) is 3.59. The van der Waals surface area contributed by atoms with Crippen LogP contribution in [-0.4, -0.2) is 73.2 Å². The van der Waals surface area contributed by atoms with Crippen molar-refractivity contribution in [2.24, 2.45) is 5.92 Å². The third-order valence-electron chi connectivity index (χ3n) is 6.11. The van der Waals surface area contributed by atoms with Gasteiger partial charge in [-0.1, -0.05) is 39.0 Å². The highest BCUT2D eigenvalue weighted by Crippen LogP contribution is 2.41. The summed E-state index contributed by atoms with van der Waals surface area (Å²) in [7, 11) is 1.77. The molecule has 1 aromatic carbocycles. The van der Waals surface area contributed by atoms with E-state index in [1.165, 1.54) is 7.11 Å². The fourth-order valence-corrected chi connectivity index (χ4v) is 5.25. The van der Waals surface area contributed by atoms with Gasteiger partial charge in [0.25, 0.3) is 0 Å². The maximum Gasteiger partial charge on any atom is 0.320 e. The highest BCUT2D eigenvalue weighted by molar-refractivity contribution is 7.45. The highest BCUT2D eigenvalue weighted by Gasteiger charge is 2.38. The second-order valence-corrected chi connectivity index (χ2v) is 10.1. The lowest BCUT2D eigenvalue weighted by molar-refractivity contribution is -0.0980. The number of nitrogen functional groups attached to an aromatic ring is 1. The summed E-state index contributed by atoms with van der Waals surface area (Å²) in [5.74, 6) is 1.31. The first-order valence-corrected chi connectivity index (χ1v) is 14.2. The van der Waals surface area contributed by atoms with E-state index in [9.17, 15) is 0 Å². The zero-order valence-corrected chi connectivity index (χ0v) is 24.1. The number of aromatic nitrogens is 4. The number of rotatable bonds is 16. The van der Waals surface area contributed by atoms with E-state index in [-0.39, 0.29) is 31.6 Å². The number of anilines is 1. The molecule has 3 heterocycles. The summed E-state index contributed by atoms with van der Waals surface area (Å²) in [6.45, 7) is 6.10. The molecule has 1 saturated heterocycles. The molecule has 4 unspecified atom stereocenters. The molecule has 4 rings (SSSR count). The molecular weight excluding hydrogens is 551 g/mol. The molecule has 0 aliphatic carbocycles. The zero-order valence-electron chi connectivity index (χ0n) is 23.2. The molecule has 228 valence electrons. The minimum Gasteiger partial charge on any atom is -0.479 e. The van der Waals surface area contributed by atoms with Gasteiger partial charge in [0, 0.05) is 26.2 Å². The van der Waals surface area contributed by atoms with Crippen molar-refractivity contribution >= 4 is 32.4 Å². The van der Waals surface area contributed by atoms with Crippen molar-refractivity contribution in [1.29, 1.82) is 0 Å². The number of imidazole rings is 1. The van der Waals surface area contributed by atoms with Gasteiger partial charge < -0.3 is 38.5 Å². The van der Waals surface area contributed by atoms with Gasteiger partial charge in [-0.25, -0.2) is 10.1 Å². The van der Waals surface area contributed by atoms with Crippen LogP contribution in [0, 0.1) is 5.92 Å². The molecule has 0 saturated carbocycles. The first-order chi connectivity index (χ1) is 19.6. The molecule has 0 amide bonds. The Hall–Kier alpha value is -2.93. The number of fused-ring (bicyclic) bond motifs is 1. The van der Waals surface area contributed by atoms with E-state index in [1.807, 2.05) is 41.7 Å². The maximum absolute atomic E-state index is 8.00. The second kappa shape index (κ2) is 18.5. The third kappa shape index (κ3) is 9.84. The summed E-state index contributed by atoms with van der Waals surface area (Å²) in [6, 6.07) is 9.58. The molecule has 4 atom stereocenters. The predicted octanol–water partition coefficient (Wildman–Crippen LogP) is 4.49. The van der Waals surface area contributed by atoms with E-state index in [1.54, 1.807) is 13.4 Å². The summed E-state index contributed by atoms with van der Waals surface area (Å²) >= 11 is 0. The Morgan fingerprint density at radius 2 is 1.98 bits per heavy atom. The summed E-state index contributed by atoms with van der Waals surface area (Å²) in [4.78, 5) is 21.0. The Morgan fingerprint density at radius 3 is 2.68 bits per heavy atom. The molecule has 1 aliphatic rings. The minimum atomic E-state index is -1.45. The van der Waals surface area contributed by atoms with Crippen LogP contribution in [0.3, 0.4) is 0 Å². The van der Waals surface area contributed by atoms with Crippen molar-refractivity contribution in [1.82, 2.24) is 24.6 Å². The maximum atomic E-state index is 8.00. The van der Waals surface area contributed by atoms with Crippen molar-refractivity contribution in [3.8, 4) is 11.6 Å². The number of nitrogens with one attached hydrogen (secondary N) is 1. The van der Waals surface area contributed by atoms with Crippen LogP contribution in [0.25, 0.3) is 11.2 Å². The molecule has 1 fully saturated rings. The lowest BCUT2D eigenvalue weighted by atomic mass is 10.00. The molecular formula is C27H43N6O7P. The number of carbonyl (C=O) groups is 1. The van der Waals surface area contributed by atoms with Crippen LogP contribution in [0.1, 0.15) is 46.3 Å². The number of benzene rings is 1. The molecule has 3 aromatic rings. The first-order valence-electron chi connectivity index (χ1n) is 13.1. The van der Waals surface area contributed by atoms with Gasteiger partial charge in [-0.05, 0) is 31.4 Å². The first kappa shape index (κ1) is 34.3. The van der Waals surface area contributed by atoms with Gasteiger partial charge >= 0.3 is 8.53 Å². The Labute approximate surface area is 243 Å². The standard InChI is InChI=1S/C25H37N6O6P.CH2O.CH4/c1-4-5-12-34-17-28-38(37-19-9-7-6-8-10-19)35-15-20-14-18(11-13-32-2)24(36-20)31-16-27-21-22(31)29-25(26)30-23(21)33-3;1-2;/h6-10,16,18,20,24,28H,4-5,11-15,17H2,1-3H3,(H2,26,29,30);1H2;1H4. The lowest BCUT2D eigenvalue weighted by Gasteiger charge is -2.21. The Balaban J connectivity index is 0.00000192. The minimum absolute atomic E-state index is 0. The molecule has 1 aliphatic heterocycles. The molecule has 3 N–H and O–H groups in total. The summed E-state index contributed by atoms with van der Waals surface area (Å²) in [5.41, 5.74) is 7.02. The zero-order chi connectivity index (χ0) is 28.7. The van der Waals surface area contributed by atoms with Crippen molar-refractivity contribution < 1.29 is 32.8 Å². The molecule has 13 nitrogen and oxygen atoms in total. The monoisotopic (exact) mass is 594 g/mol. The quantitative estimate of drug-likeness (QED) is 0.136. The van der Waals surface area contributed by atoms with Gasteiger partial charge in [0.1, 0.15) is 25.5 Å². The number of nitrogens with two attached hydrogens (primary N) is 1. The predicted molar refractivity (Wildman–Crippen MR) is 157 cm³/mol. The lowest BCUT2D eigenvalue weighted by Crippen LogP contribution is -2.21. The van der Waals surface area contributed by atoms with Crippen molar-refractivity contribution in [2.45, 2.75) is 52.4 Å². The number of unbranched alkanes of at least 4 members (excludes halogenated alkanes) is 1. The van der Waals surface area contributed by atoms with Gasteiger partial charge in [-0.15, -0.1) is 0 Å². The number of nitrogens with zero attached hydrogens (tertiary/aromatic N) is 4. The van der Waals surface area contributed by atoms with Gasteiger partial charge in [0.15, 0.2) is 11.2 Å². The van der Waals surface area contributed by atoms with Crippen LogP contribution in [0.15, 0.2) is 36.7 Å². The SMILES string of the molecule is C.C=O.CCCCOCNP(OCC1CC(CCOC)C(n2cnc3c(OC)nc(N)nc32)O1)Oc1ccccc1. The molecule has 14 heteroatoms. The van der Waals surface area contributed by atoms with Gasteiger partial charge in [0.2, 0.25) is 11.8 Å². The number of methoxy groups -OCH3 is 2. The number of ether oxygens (including phenoxy) is 4. The van der Waals surface area contributed by atoms with Crippen molar-refractivity contribution in [3.05, 3.63) is 36.7 Å². The van der Waals surface area contributed by atoms with Gasteiger partial charge in [0.05, 0.1) is 26.1 Å². The topological polar surface area (TPSA) is 154 Å². The Kier molecular flexibility index (Phi) is 15.5. The van der Waals surface area contributed by atoms with Crippen LogP contribution in [0.4, 0.5) is 5.95 Å². The summed E-state index contributed by atoms with van der Waals surface area (Å²) in [6.07, 6.45) is 4.84. The van der Waals surface area contributed by atoms with Gasteiger partial charge in [-0.3, -0.25) is 4.57 Å². The summed E-state index contributed by atoms with van der Waals surface area (Å²) in [5, 5.41) is 3.24. The van der Waals surface area contributed by atoms with E-state index < -0.39 is 8.53 Å². The normalized spacial score (nSPS) is 18.8. The van der Waals surface area contributed by atoms with E-state index in [2.05, 4.69) is 27.0 Å². The second-order valence-electron chi connectivity index (χ2n) is 8.86. The fourth-order valence-electron chi connectivity index (χ4n) is 4.23. The van der Waals surface area contributed by atoms with Crippen LogP contribution in [0.5, 0.6) is 11.6 Å². The molecule has 41 heavy (non-hydrogen) atoms. The smallest absolute Gasteiger partial charge is 0.320 e. The third-order valence-corrected chi connectivity index (χ3v) is 7.26. The number of hydrogen-bond acceptors (Lipinski definition) is 12. The highest BCUT2D eigenvalue weighted by atomic mass is 31.2. The van der Waals surface area contributed by atoms with Crippen LogP contribution in [0.2, 0.25) is 0 Å². The Bertz CT molecular complexity index is 1140. The largest absolute Gasteiger partial charge is 0.479 e. The van der Waals surface area contributed by atoms with Crippen LogP contribution < -0.4 is 20.1 Å². The molecule has 0 radical (unpaired) electrons. The fraction of sp³-hybridized carbons (Fsp3) is 0.556. The van der Waals surface area contributed by atoms with Crippen LogP contribution in [-0.2, 0) is 23.5 Å². The number of para-hydroxylation sites is 1. The van der Waals surface area contributed by atoms with Crippen LogP contribution >= 0.6 is 8.53 Å². The average molecular weight is 595 g/mol. The molecule has 0 bridgehead atoms.